The van der Waals surface area contributed by atoms with E-state index in [2.05, 4.69) is 9.97 Å². The van der Waals surface area contributed by atoms with Gasteiger partial charge in [-0.25, -0.2) is 40.7 Å². The van der Waals surface area contributed by atoms with E-state index in [-0.39, 0.29) is 29.8 Å². The number of nitrogens with zero attached hydrogens (tertiary/aromatic N) is 3. The number of pyridine rings is 2. The summed E-state index contributed by atoms with van der Waals surface area (Å²) in [7, 11) is -4.09. The maximum absolute atomic E-state index is 15.2. The monoisotopic (exact) mass is 538 g/mol. The van der Waals surface area contributed by atoms with E-state index in [0.717, 1.165) is 6.20 Å². The number of ether oxygens (including phenoxy) is 1. The maximum Gasteiger partial charge on any atom is 0.434 e. The number of rotatable bonds is 7. The van der Waals surface area contributed by atoms with E-state index < -0.39 is 68.5 Å². The Hall–Kier alpha value is -2.78. The van der Waals surface area contributed by atoms with E-state index in [1.165, 1.54) is 4.57 Å². The van der Waals surface area contributed by atoms with Crippen LogP contribution in [0.2, 0.25) is 0 Å². The number of aromatic nitrogens is 3. The first-order chi connectivity index (χ1) is 16.9. The van der Waals surface area contributed by atoms with E-state index >= 15 is 4.39 Å². The lowest BCUT2D eigenvalue weighted by molar-refractivity contribution is -0.140. The van der Waals surface area contributed by atoms with Gasteiger partial charge in [-0.05, 0) is 25.0 Å². The third-order valence-electron chi connectivity index (χ3n) is 6.02. The zero-order valence-electron chi connectivity index (χ0n) is 18.1. The summed E-state index contributed by atoms with van der Waals surface area (Å²) in [5, 5.41) is -1.04. The molecular formula is C21H17F7N4O3S. The van der Waals surface area contributed by atoms with Gasteiger partial charge in [-0.1, -0.05) is 0 Å². The minimum Gasteiger partial charge on any atom is -0.377 e. The molecule has 5 rings (SSSR count). The average molecular weight is 538 g/mol. The molecule has 2 aliphatic rings. The topological polar surface area (TPSA) is 86.1 Å². The van der Waals surface area contributed by atoms with E-state index in [4.69, 9.17) is 4.74 Å². The lowest BCUT2D eigenvalue weighted by Crippen LogP contribution is -2.35. The average Bonchev–Trinajstić information content (AvgIpc) is 3.54. The molecule has 3 aromatic heterocycles. The molecule has 1 aliphatic heterocycles. The Labute approximate surface area is 199 Å². The largest absolute Gasteiger partial charge is 0.434 e. The summed E-state index contributed by atoms with van der Waals surface area (Å²) < 4.78 is 131. The van der Waals surface area contributed by atoms with Gasteiger partial charge in [0, 0.05) is 22.7 Å². The van der Waals surface area contributed by atoms with E-state index in [1.54, 1.807) is 0 Å². The van der Waals surface area contributed by atoms with Crippen molar-refractivity contribution in [1.82, 2.24) is 19.3 Å². The van der Waals surface area contributed by atoms with E-state index in [1.807, 2.05) is 4.72 Å². The van der Waals surface area contributed by atoms with Gasteiger partial charge in [0.2, 0.25) is 10.0 Å². The van der Waals surface area contributed by atoms with Gasteiger partial charge in [-0.2, -0.15) is 13.2 Å². The summed E-state index contributed by atoms with van der Waals surface area (Å²) in [6, 6.07) is -1.42. The van der Waals surface area contributed by atoms with Crippen LogP contribution in [0.3, 0.4) is 0 Å². The standard InChI is InChI=1S/C21H17F7N4O3S/c22-9-3-13(18(29-5-9)21(26,27)28)16-15(23)4-12-14(6-32(20(12)30-16)10-7-35-8-10)17(19(24)25)31-36(33,34)11-1-2-11/h3-6,10-11,17,19,31H,1-2,7-8H2. The van der Waals surface area contributed by atoms with E-state index in [0.29, 0.717) is 31.2 Å². The summed E-state index contributed by atoms with van der Waals surface area (Å²) in [4.78, 5) is 7.01. The van der Waals surface area contributed by atoms with Crippen LogP contribution in [0.15, 0.2) is 24.5 Å². The SMILES string of the molecule is O=S(=O)(NC(c1cn(C2COC2)c2nc(-c3cc(F)cnc3C(F)(F)F)c(F)cc12)C(F)F)C1CC1. The first-order valence-electron chi connectivity index (χ1n) is 10.7. The van der Waals surface area contributed by atoms with Crippen molar-refractivity contribution in [2.45, 2.75) is 42.8 Å². The predicted molar refractivity (Wildman–Crippen MR) is 112 cm³/mol. The van der Waals surface area contributed by atoms with Gasteiger partial charge in [-0.15, -0.1) is 0 Å². The lowest BCUT2D eigenvalue weighted by Gasteiger charge is -2.28. The number of halogens is 7. The zero-order chi connectivity index (χ0) is 26.0. The van der Waals surface area contributed by atoms with Crippen molar-refractivity contribution in [2.75, 3.05) is 13.2 Å². The fourth-order valence-corrected chi connectivity index (χ4v) is 5.55. The van der Waals surface area contributed by atoms with Crippen LogP contribution in [0, 0.1) is 11.6 Å². The number of hydrogen-bond acceptors (Lipinski definition) is 5. The molecule has 1 saturated carbocycles. The summed E-state index contributed by atoms with van der Waals surface area (Å²) in [6.07, 6.45) is -6.18. The van der Waals surface area contributed by atoms with Gasteiger partial charge >= 0.3 is 6.18 Å². The summed E-state index contributed by atoms with van der Waals surface area (Å²) in [5.41, 5.74) is -3.94. The lowest BCUT2D eigenvalue weighted by atomic mass is 10.0. The summed E-state index contributed by atoms with van der Waals surface area (Å²) >= 11 is 0. The van der Waals surface area contributed by atoms with Crippen molar-refractivity contribution in [3.63, 3.8) is 0 Å². The molecule has 0 bridgehead atoms. The minimum absolute atomic E-state index is 0.111. The molecule has 1 atom stereocenters. The number of nitrogens with one attached hydrogen (secondary N) is 1. The second-order valence-electron chi connectivity index (χ2n) is 8.59. The summed E-state index contributed by atoms with van der Waals surface area (Å²) in [6.45, 7) is 0.222. The molecule has 3 aromatic rings. The van der Waals surface area contributed by atoms with Crippen LogP contribution < -0.4 is 4.72 Å². The smallest absolute Gasteiger partial charge is 0.377 e. The molecule has 4 heterocycles. The van der Waals surface area contributed by atoms with Crippen LogP contribution in [-0.2, 0) is 20.9 Å². The van der Waals surface area contributed by atoms with Crippen LogP contribution in [0.25, 0.3) is 22.3 Å². The van der Waals surface area contributed by atoms with Crippen molar-refractivity contribution in [3.8, 4) is 11.3 Å². The molecule has 1 saturated heterocycles. The molecule has 2 fully saturated rings. The Morgan fingerprint density at radius 1 is 1.14 bits per heavy atom. The molecule has 0 spiro atoms. The third-order valence-corrected chi connectivity index (χ3v) is 7.95. The molecule has 0 aromatic carbocycles. The molecule has 1 unspecified atom stereocenters. The van der Waals surface area contributed by atoms with Crippen molar-refractivity contribution >= 4 is 21.1 Å². The Morgan fingerprint density at radius 3 is 2.39 bits per heavy atom. The molecular weight excluding hydrogens is 521 g/mol. The Morgan fingerprint density at radius 2 is 1.83 bits per heavy atom. The van der Waals surface area contributed by atoms with Gasteiger partial charge in [0.25, 0.3) is 6.43 Å². The highest BCUT2D eigenvalue weighted by atomic mass is 32.2. The predicted octanol–water partition coefficient (Wildman–Crippen LogP) is 4.35. The molecule has 1 aliphatic carbocycles. The fourth-order valence-electron chi connectivity index (χ4n) is 4.02. The van der Waals surface area contributed by atoms with Gasteiger partial charge in [0.15, 0.2) is 5.69 Å². The van der Waals surface area contributed by atoms with Gasteiger partial charge < -0.3 is 9.30 Å². The van der Waals surface area contributed by atoms with Gasteiger partial charge in [0.1, 0.15) is 29.0 Å². The quantitative estimate of drug-likeness (QED) is 0.452. The van der Waals surface area contributed by atoms with Crippen LogP contribution in [0.4, 0.5) is 30.7 Å². The molecule has 15 heteroatoms. The third kappa shape index (κ3) is 4.43. The fraction of sp³-hybridized carbons (Fsp3) is 0.429. The molecule has 0 amide bonds. The van der Waals surface area contributed by atoms with Gasteiger partial charge in [-0.3, -0.25) is 0 Å². The Kier molecular flexibility index (Phi) is 5.99. The molecule has 7 nitrogen and oxygen atoms in total. The first-order valence-corrected chi connectivity index (χ1v) is 12.2. The number of alkyl halides is 5. The highest BCUT2D eigenvalue weighted by molar-refractivity contribution is 7.90. The van der Waals surface area contributed by atoms with Crippen molar-refractivity contribution in [1.29, 1.82) is 0 Å². The number of hydrogen-bond donors (Lipinski definition) is 1. The highest BCUT2D eigenvalue weighted by Gasteiger charge is 2.41. The zero-order valence-corrected chi connectivity index (χ0v) is 18.9. The second-order valence-corrected chi connectivity index (χ2v) is 10.6. The minimum atomic E-state index is -5.07. The molecule has 36 heavy (non-hydrogen) atoms. The van der Waals surface area contributed by atoms with E-state index in [9.17, 15) is 34.8 Å². The highest BCUT2D eigenvalue weighted by Crippen LogP contribution is 2.40. The van der Waals surface area contributed by atoms with Crippen molar-refractivity contribution in [2.24, 2.45) is 0 Å². The molecule has 1 N–H and O–H groups in total. The number of fused-ring (bicyclic) bond motifs is 1. The van der Waals surface area contributed by atoms with Crippen LogP contribution in [0.1, 0.15) is 36.2 Å². The van der Waals surface area contributed by atoms with Crippen molar-refractivity contribution < 1.29 is 43.9 Å². The normalized spacial score (nSPS) is 18.1. The van der Waals surface area contributed by atoms with Gasteiger partial charge in [0.05, 0.1) is 30.7 Å². The van der Waals surface area contributed by atoms with Crippen molar-refractivity contribution in [3.05, 3.63) is 47.4 Å². The van der Waals surface area contributed by atoms with Crippen LogP contribution in [0.5, 0.6) is 0 Å². The summed E-state index contributed by atoms with van der Waals surface area (Å²) in [5.74, 6) is -2.53. The number of sulfonamides is 1. The molecule has 0 radical (unpaired) electrons. The van der Waals surface area contributed by atoms with Crippen LogP contribution >= 0.6 is 0 Å². The molecule has 194 valence electrons. The Balaban J connectivity index is 1.71. The second kappa shape index (κ2) is 8.66. The van der Waals surface area contributed by atoms with Crippen LogP contribution in [-0.4, -0.2) is 47.8 Å². The maximum atomic E-state index is 15.2. The first kappa shape index (κ1) is 24.9. The Bertz CT molecular complexity index is 1430.